The zero-order valence-corrected chi connectivity index (χ0v) is 20.2. The third-order valence-electron chi connectivity index (χ3n) is 5.96. The van der Waals surface area contributed by atoms with E-state index in [9.17, 15) is 13.2 Å². The van der Waals surface area contributed by atoms with Gasteiger partial charge in [-0.1, -0.05) is 31.2 Å². The van der Waals surface area contributed by atoms with Crippen LogP contribution in [-0.4, -0.2) is 51.9 Å². The molecule has 1 heterocycles. The lowest BCUT2D eigenvalue weighted by atomic mass is 9.99. The fourth-order valence-electron chi connectivity index (χ4n) is 4.13. The van der Waals surface area contributed by atoms with E-state index >= 15 is 0 Å². The first-order chi connectivity index (χ1) is 15.3. The van der Waals surface area contributed by atoms with E-state index in [1.165, 1.54) is 17.1 Å². The number of carbonyl (C=O) groups is 1. The van der Waals surface area contributed by atoms with Gasteiger partial charge in [-0.2, -0.15) is 0 Å². The number of piperidine rings is 1. The standard InChI is InChI=1S/C25H35N3O3S/c1-20-10-14-27(15-11-20)13-7-12-26-25(29)19-28(23-17-21(2)16-22(3)18-23)32(30,31)24-8-5-4-6-9-24/h4-6,8-9,16-18,20H,7,10-15,19H2,1-3H3,(H,26,29). The molecule has 0 saturated carbocycles. The summed E-state index contributed by atoms with van der Waals surface area (Å²) in [5, 5.41) is 2.91. The molecule has 3 rings (SSSR count). The molecule has 7 heteroatoms. The molecule has 1 aliphatic heterocycles. The second kappa shape index (κ2) is 11.0. The van der Waals surface area contributed by atoms with Crippen molar-refractivity contribution in [2.24, 2.45) is 5.92 Å². The van der Waals surface area contributed by atoms with Crippen LogP contribution in [0.3, 0.4) is 0 Å². The molecular weight excluding hydrogens is 422 g/mol. The molecule has 1 aliphatic rings. The zero-order chi connectivity index (χ0) is 23.1. The van der Waals surface area contributed by atoms with Crippen LogP contribution in [0.2, 0.25) is 0 Å². The highest BCUT2D eigenvalue weighted by Crippen LogP contribution is 2.25. The van der Waals surface area contributed by atoms with Gasteiger partial charge in [0.05, 0.1) is 10.6 Å². The second-order valence-electron chi connectivity index (χ2n) is 8.90. The minimum atomic E-state index is -3.87. The fraction of sp³-hybridized carbons (Fsp3) is 0.480. The van der Waals surface area contributed by atoms with E-state index < -0.39 is 10.0 Å². The van der Waals surface area contributed by atoms with Crippen molar-refractivity contribution in [1.82, 2.24) is 10.2 Å². The molecule has 0 aromatic heterocycles. The van der Waals surface area contributed by atoms with Crippen LogP contribution in [-0.2, 0) is 14.8 Å². The van der Waals surface area contributed by atoms with Gasteiger partial charge in [-0.05, 0) is 94.1 Å². The molecule has 1 amide bonds. The molecule has 6 nitrogen and oxygen atoms in total. The predicted molar refractivity (Wildman–Crippen MR) is 129 cm³/mol. The smallest absolute Gasteiger partial charge is 0.264 e. The normalized spacial score (nSPS) is 15.5. The third kappa shape index (κ3) is 6.56. The summed E-state index contributed by atoms with van der Waals surface area (Å²) in [6, 6.07) is 13.9. The molecule has 2 aromatic carbocycles. The minimum absolute atomic E-state index is 0.172. The van der Waals surface area contributed by atoms with Crippen molar-refractivity contribution in [3.63, 3.8) is 0 Å². The Bertz CT molecular complexity index is 980. The van der Waals surface area contributed by atoms with E-state index in [-0.39, 0.29) is 17.3 Å². The number of carbonyl (C=O) groups excluding carboxylic acids is 1. The average molecular weight is 458 g/mol. The highest BCUT2D eigenvalue weighted by molar-refractivity contribution is 7.92. The highest BCUT2D eigenvalue weighted by Gasteiger charge is 2.27. The van der Waals surface area contributed by atoms with Crippen molar-refractivity contribution in [3.05, 3.63) is 59.7 Å². The van der Waals surface area contributed by atoms with Crippen molar-refractivity contribution < 1.29 is 13.2 Å². The number of aryl methyl sites for hydroxylation is 2. The summed E-state index contributed by atoms with van der Waals surface area (Å²) in [4.78, 5) is 15.3. The molecule has 0 aliphatic carbocycles. The Balaban J connectivity index is 1.67. The first-order valence-electron chi connectivity index (χ1n) is 11.4. The highest BCUT2D eigenvalue weighted by atomic mass is 32.2. The lowest BCUT2D eigenvalue weighted by Gasteiger charge is -2.30. The largest absolute Gasteiger partial charge is 0.354 e. The molecule has 2 aromatic rings. The first kappa shape index (κ1) is 24.3. The lowest BCUT2D eigenvalue weighted by Crippen LogP contribution is -2.42. The van der Waals surface area contributed by atoms with Gasteiger partial charge < -0.3 is 10.2 Å². The Kier molecular flexibility index (Phi) is 8.32. The topological polar surface area (TPSA) is 69.7 Å². The maximum Gasteiger partial charge on any atom is 0.264 e. The minimum Gasteiger partial charge on any atom is -0.354 e. The van der Waals surface area contributed by atoms with Crippen LogP contribution in [0.5, 0.6) is 0 Å². The molecule has 0 atom stereocenters. The van der Waals surface area contributed by atoms with Gasteiger partial charge in [-0.25, -0.2) is 8.42 Å². The Hall–Kier alpha value is -2.38. The van der Waals surface area contributed by atoms with Crippen molar-refractivity contribution in [1.29, 1.82) is 0 Å². The Morgan fingerprint density at radius 3 is 2.31 bits per heavy atom. The predicted octanol–water partition coefficient (Wildman–Crippen LogP) is 3.74. The van der Waals surface area contributed by atoms with Crippen molar-refractivity contribution in [2.75, 3.05) is 37.0 Å². The van der Waals surface area contributed by atoms with Crippen LogP contribution in [0.15, 0.2) is 53.4 Å². The quantitative estimate of drug-likeness (QED) is 0.583. The molecule has 1 fully saturated rings. The monoisotopic (exact) mass is 457 g/mol. The molecule has 1 saturated heterocycles. The SMILES string of the molecule is Cc1cc(C)cc(N(CC(=O)NCCCN2CCC(C)CC2)S(=O)(=O)c2ccccc2)c1. The van der Waals surface area contributed by atoms with E-state index in [0.29, 0.717) is 12.2 Å². The number of nitrogens with zero attached hydrogens (tertiary/aromatic N) is 2. The number of hydrogen-bond acceptors (Lipinski definition) is 4. The molecule has 1 N–H and O–H groups in total. The van der Waals surface area contributed by atoms with Gasteiger partial charge in [-0.3, -0.25) is 9.10 Å². The molecule has 0 bridgehead atoms. The van der Waals surface area contributed by atoms with E-state index in [1.54, 1.807) is 42.5 Å². The number of likely N-dealkylation sites (tertiary alicyclic amines) is 1. The second-order valence-corrected chi connectivity index (χ2v) is 10.8. The summed E-state index contributed by atoms with van der Waals surface area (Å²) >= 11 is 0. The van der Waals surface area contributed by atoms with E-state index in [0.717, 1.165) is 43.1 Å². The third-order valence-corrected chi connectivity index (χ3v) is 7.75. The van der Waals surface area contributed by atoms with Crippen LogP contribution in [0, 0.1) is 19.8 Å². The van der Waals surface area contributed by atoms with Crippen LogP contribution in [0.4, 0.5) is 5.69 Å². The van der Waals surface area contributed by atoms with Gasteiger partial charge >= 0.3 is 0 Å². The number of sulfonamides is 1. The number of rotatable bonds is 9. The van der Waals surface area contributed by atoms with Crippen molar-refractivity contribution in [3.8, 4) is 0 Å². The molecule has 0 radical (unpaired) electrons. The van der Waals surface area contributed by atoms with Crippen molar-refractivity contribution in [2.45, 2.75) is 44.9 Å². The summed E-state index contributed by atoms with van der Waals surface area (Å²) in [5.74, 6) is 0.504. The van der Waals surface area contributed by atoms with Gasteiger partial charge in [0.2, 0.25) is 5.91 Å². The van der Waals surface area contributed by atoms with E-state index in [1.807, 2.05) is 19.9 Å². The summed E-state index contributed by atoms with van der Waals surface area (Å²) < 4.78 is 28.0. The maximum atomic E-state index is 13.4. The molecule has 0 spiro atoms. The zero-order valence-electron chi connectivity index (χ0n) is 19.4. The van der Waals surface area contributed by atoms with Gasteiger partial charge in [0, 0.05) is 6.54 Å². The fourth-order valence-corrected chi connectivity index (χ4v) is 5.56. The lowest BCUT2D eigenvalue weighted by molar-refractivity contribution is -0.119. The van der Waals surface area contributed by atoms with Crippen LogP contribution >= 0.6 is 0 Å². The van der Waals surface area contributed by atoms with Gasteiger partial charge in [0.25, 0.3) is 10.0 Å². The number of benzene rings is 2. The van der Waals surface area contributed by atoms with E-state index in [2.05, 4.69) is 17.1 Å². The summed E-state index contributed by atoms with van der Waals surface area (Å²) in [7, 11) is -3.87. The van der Waals surface area contributed by atoms with Gasteiger partial charge in [-0.15, -0.1) is 0 Å². The van der Waals surface area contributed by atoms with Crippen LogP contribution in [0.25, 0.3) is 0 Å². The molecule has 174 valence electrons. The van der Waals surface area contributed by atoms with Gasteiger partial charge in [0.15, 0.2) is 0 Å². The number of amides is 1. The first-order valence-corrected chi connectivity index (χ1v) is 12.8. The molecule has 32 heavy (non-hydrogen) atoms. The maximum absolute atomic E-state index is 13.4. The Morgan fingerprint density at radius 2 is 1.69 bits per heavy atom. The summed E-state index contributed by atoms with van der Waals surface area (Å²) in [6.07, 6.45) is 3.32. The number of nitrogens with one attached hydrogen (secondary N) is 1. The number of anilines is 1. The Morgan fingerprint density at radius 1 is 1.06 bits per heavy atom. The van der Waals surface area contributed by atoms with Crippen molar-refractivity contribution >= 4 is 21.6 Å². The van der Waals surface area contributed by atoms with E-state index in [4.69, 9.17) is 0 Å². The van der Waals surface area contributed by atoms with Gasteiger partial charge in [0.1, 0.15) is 6.54 Å². The summed E-state index contributed by atoms with van der Waals surface area (Å²) in [6.45, 7) is 9.61. The van der Waals surface area contributed by atoms with Crippen LogP contribution in [0.1, 0.15) is 37.3 Å². The Labute approximate surface area is 192 Å². The number of hydrogen-bond donors (Lipinski definition) is 1. The molecule has 0 unspecified atom stereocenters. The summed E-state index contributed by atoms with van der Waals surface area (Å²) in [5.41, 5.74) is 2.40. The average Bonchev–Trinajstić information content (AvgIpc) is 2.76. The molecular formula is C25H35N3O3S. The van der Waals surface area contributed by atoms with Crippen LogP contribution < -0.4 is 9.62 Å².